The van der Waals surface area contributed by atoms with Crippen molar-refractivity contribution in [2.45, 2.75) is 32.5 Å². The van der Waals surface area contributed by atoms with Gasteiger partial charge in [-0.3, -0.25) is 0 Å². The molecule has 5 heteroatoms. The maximum Gasteiger partial charge on any atom is 0.105 e. The summed E-state index contributed by atoms with van der Waals surface area (Å²) in [6.45, 7) is 4.05. The highest BCUT2D eigenvalue weighted by molar-refractivity contribution is 5.32. The lowest BCUT2D eigenvalue weighted by atomic mass is 9.96. The molecule has 0 spiro atoms. The molecule has 0 aliphatic carbocycles. The molecule has 1 rings (SSSR count). The van der Waals surface area contributed by atoms with Gasteiger partial charge < -0.3 is 10.2 Å². The van der Waals surface area contributed by atoms with E-state index >= 15 is 0 Å². The van der Waals surface area contributed by atoms with Crippen LogP contribution in [0.25, 0.3) is 10.4 Å². The molecule has 0 aliphatic heterocycles. The Bertz CT molecular complexity index is 428. The predicted octanol–water partition coefficient (Wildman–Crippen LogP) is 2.40. The molecule has 2 atom stereocenters. The molecule has 1 aromatic carbocycles. The molecule has 0 heterocycles. The third-order valence-electron chi connectivity index (χ3n) is 2.70. The maximum atomic E-state index is 9.98. The molecule has 2 N–H and O–H groups in total. The van der Waals surface area contributed by atoms with Gasteiger partial charge in [0.1, 0.15) is 6.10 Å². The van der Waals surface area contributed by atoms with Gasteiger partial charge in [0.15, 0.2) is 0 Å². The van der Waals surface area contributed by atoms with E-state index in [4.69, 9.17) is 5.53 Å². The van der Waals surface area contributed by atoms with Gasteiger partial charge in [-0.15, -0.1) is 0 Å². The standard InChI is InChI=1S/C12H17N3O2/c1-8-3-4-10(9(2)7-8)12(17)11(16)5-6-14-15-13/h3-4,7,11-12,16-17H,5-6H2,1-2H3. The minimum atomic E-state index is -0.940. The minimum absolute atomic E-state index is 0.180. The van der Waals surface area contributed by atoms with E-state index in [1.165, 1.54) is 0 Å². The fourth-order valence-corrected chi connectivity index (χ4v) is 1.76. The van der Waals surface area contributed by atoms with E-state index < -0.39 is 12.2 Å². The first kappa shape index (κ1) is 13.5. The second-order valence-corrected chi connectivity index (χ2v) is 4.12. The van der Waals surface area contributed by atoms with Crippen LogP contribution < -0.4 is 0 Å². The van der Waals surface area contributed by atoms with Crippen molar-refractivity contribution < 1.29 is 10.2 Å². The van der Waals surface area contributed by atoms with Crippen LogP contribution >= 0.6 is 0 Å². The smallest absolute Gasteiger partial charge is 0.105 e. The molecule has 0 radical (unpaired) electrons. The van der Waals surface area contributed by atoms with Crippen molar-refractivity contribution >= 4 is 0 Å². The molecule has 1 aromatic rings. The van der Waals surface area contributed by atoms with Crippen molar-refractivity contribution in [1.29, 1.82) is 0 Å². The highest BCUT2D eigenvalue weighted by atomic mass is 16.3. The zero-order valence-electron chi connectivity index (χ0n) is 10.0. The van der Waals surface area contributed by atoms with Gasteiger partial charge in [-0.2, -0.15) is 0 Å². The predicted molar refractivity (Wildman–Crippen MR) is 65.5 cm³/mol. The molecule has 0 amide bonds. The van der Waals surface area contributed by atoms with E-state index in [1.54, 1.807) is 0 Å². The largest absolute Gasteiger partial charge is 0.390 e. The van der Waals surface area contributed by atoms with Gasteiger partial charge in [0.2, 0.25) is 0 Å². The van der Waals surface area contributed by atoms with Crippen molar-refractivity contribution in [3.63, 3.8) is 0 Å². The number of hydrogen-bond donors (Lipinski definition) is 2. The van der Waals surface area contributed by atoms with E-state index in [-0.39, 0.29) is 13.0 Å². The average molecular weight is 235 g/mol. The van der Waals surface area contributed by atoms with Gasteiger partial charge in [-0.25, -0.2) is 0 Å². The SMILES string of the molecule is Cc1ccc(C(O)C(O)CCN=[N+]=[N-])c(C)c1. The van der Waals surface area contributed by atoms with Crippen LogP contribution in [0.3, 0.4) is 0 Å². The quantitative estimate of drug-likeness (QED) is 0.466. The lowest BCUT2D eigenvalue weighted by Crippen LogP contribution is -2.20. The van der Waals surface area contributed by atoms with E-state index in [9.17, 15) is 10.2 Å². The zero-order valence-corrected chi connectivity index (χ0v) is 10.0. The Balaban J connectivity index is 2.73. The van der Waals surface area contributed by atoms with Gasteiger partial charge in [0.25, 0.3) is 0 Å². The normalized spacial score (nSPS) is 13.9. The van der Waals surface area contributed by atoms with Crippen LogP contribution in [0.2, 0.25) is 0 Å². The monoisotopic (exact) mass is 235 g/mol. The van der Waals surface area contributed by atoms with Crippen LogP contribution in [0.15, 0.2) is 23.3 Å². The Hall–Kier alpha value is -1.55. The number of benzene rings is 1. The molecule has 0 bridgehead atoms. The molecule has 17 heavy (non-hydrogen) atoms. The highest BCUT2D eigenvalue weighted by Gasteiger charge is 2.19. The Morgan fingerprint density at radius 3 is 2.65 bits per heavy atom. The van der Waals surface area contributed by atoms with Crippen molar-refractivity contribution in [2.24, 2.45) is 5.11 Å². The third kappa shape index (κ3) is 3.75. The molecule has 92 valence electrons. The Morgan fingerprint density at radius 2 is 2.06 bits per heavy atom. The second kappa shape index (κ2) is 6.25. The summed E-state index contributed by atoms with van der Waals surface area (Å²) in [5, 5.41) is 23.1. The highest BCUT2D eigenvalue weighted by Crippen LogP contribution is 2.23. The maximum absolute atomic E-state index is 9.98. The number of aryl methyl sites for hydroxylation is 2. The van der Waals surface area contributed by atoms with Crippen molar-refractivity contribution in [3.8, 4) is 0 Å². The van der Waals surface area contributed by atoms with Crippen molar-refractivity contribution in [2.75, 3.05) is 6.54 Å². The molecule has 2 unspecified atom stereocenters. The molecule has 0 saturated heterocycles. The average Bonchev–Trinajstić information content (AvgIpc) is 2.28. The number of nitrogens with zero attached hydrogens (tertiary/aromatic N) is 3. The van der Waals surface area contributed by atoms with Gasteiger partial charge >= 0.3 is 0 Å². The molecule has 0 saturated carbocycles. The minimum Gasteiger partial charge on any atom is -0.390 e. The van der Waals surface area contributed by atoms with Crippen LogP contribution in [0.5, 0.6) is 0 Å². The molecule has 0 fully saturated rings. The summed E-state index contributed by atoms with van der Waals surface area (Å²) in [7, 11) is 0. The van der Waals surface area contributed by atoms with Crippen molar-refractivity contribution in [3.05, 3.63) is 45.3 Å². The van der Waals surface area contributed by atoms with Crippen LogP contribution in [-0.2, 0) is 0 Å². The summed E-state index contributed by atoms with van der Waals surface area (Å²) < 4.78 is 0. The fourth-order valence-electron chi connectivity index (χ4n) is 1.76. The summed E-state index contributed by atoms with van der Waals surface area (Å²) in [5.74, 6) is 0. The van der Waals surface area contributed by atoms with Gasteiger partial charge in [0, 0.05) is 11.5 Å². The number of aliphatic hydroxyl groups excluding tert-OH is 2. The van der Waals surface area contributed by atoms with Crippen LogP contribution in [0.1, 0.15) is 29.2 Å². The lowest BCUT2D eigenvalue weighted by Gasteiger charge is -2.19. The number of hydrogen-bond acceptors (Lipinski definition) is 3. The first-order chi connectivity index (χ1) is 8.06. The topological polar surface area (TPSA) is 89.2 Å². The van der Waals surface area contributed by atoms with E-state index in [0.29, 0.717) is 5.56 Å². The second-order valence-electron chi connectivity index (χ2n) is 4.12. The molecule has 0 aliphatic rings. The first-order valence-electron chi connectivity index (χ1n) is 5.50. The Morgan fingerprint density at radius 1 is 1.35 bits per heavy atom. The van der Waals surface area contributed by atoms with Crippen LogP contribution in [0, 0.1) is 13.8 Å². The molecular formula is C12H17N3O2. The third-order valence-corrected chi connectivity index (χ3v) is 2.70. The first-order valence-corrected chi connectivity index (χ1v) is 5.50. The number of azide groups is 1. The fraction of sp³-hybridized carbons (Fsp3) is 0.500. The van der Waals surface area contributed by atoms with Crippen LogP contribution in [-0.4, -0.2) is 22.9 Å². The zero-order chi connectivity index (χ0) is 12.8. The number of aliphatic hydroxyl groups is 2. The van der Waals surface area contributed by atoms with Gasteiger partial charge in [-0.05, 0) is 36.9 Å². The lowest BCUT2D eigenvalue weighted by molar-refractivity contribution is 0.0147. The van der Waals surface area contributed by atoms with Gasteiger partial charge in [-0.1, -0.05) is 28.9 Å². The molecular weight excluding hydrogens is 218 g/mol. The molecule has 5 nitrogen and oxygen atoms in total. The van der Waals surface area contributed by atoms with E-state index in [0.717, 1.165) is 11.1 Å². The Kier molecular flexibility index (Phi) is 4.97. The summed E-state index contributed by atoms with van der Waals surface area (Å²) in [6.07, 6.45) is -1.61. The summed E-state index contributed by atoms with van der Waals surface area (Å²) in [6, 6.07) is 5.66. The van der Waals surface area contributed by atoms with Crippen molar-refractivity contribution in [1.82, 2.24) is 0 Å². The van der Waals surface area contributed by atoms with E-state index in [1.807, 2.05) is 32.0 Å². The van der Waals surface area contributed by atoms with E-state index in [2.05, 4.69) is 10.0 Å². The van der Waals surface area contributed by atoms with Crippen LogP contribution in [0.4, 0.5) is 0 Å². The molecule has 0 aromatic heterocycles. The summed E-state index contributed by atoms with van der Waals surface area (Å²) >= 11 is 0. The Labute approximate surface area is 100 Å². The summed E-state index contributed by atoms with van der Waals surface area (Å²) in [4.78, 5) is 2.60. The summed E-state index contributed by atoms with van der Waals surface area (Å²) in [5.41, 5.74) is 10.9. The number of rotatable bonds is 5. The van der Waals surface area contributed by atoms with Gasteiger partial charge in [0.05, 0.1) is 6.10 Å².